The number of rotatable bonds is 4. The predicted octanol–water partition coefficient (Wildman–Crippen LogP) is 2.82. The van der Waals surface area contributed by atoms with Gasteiger partial charge in [0.1, 0.15) is 11.4 Å². The van der Waals surface area contributed by atoms with Crippen molar-refractivity contribution in [3.05, 3.63) is 27.7 Å². The molecule has 0 bridgehead atoms. The highest BCUT2D eigenvalue weighted by molar-refractivity contribution is 6.35. The first-order chi connectivity index (χ1) is 7.48. The molecule has 3 nitrogen and oxygen atoms in total. The summed E-state index contributed by atoms with van der Waals surface area (Å²) in [6.45, 7) is 2.16. The lowest BCUT2D eigenvalue weighted by Crippen LogP contribution is -2.34. The first-order valence-corrected chi connectivity index (χ1v) is 5.53. The lowest BCUT2D eigenvalue weighted by molar-refractivity contribution is 0.00824. The van der Waals surface area contributed by atoms with Crippen LogP contribution in [-0.2, 0) is 10.3 Å². The first kappa shape index (κ1) is 13.6. The van der Waals surface area contributed by atoms with Crippen molar-refractivity contribution in [2.24, 2.45) is 5.73 Å². The Bertz CT molecular complexity index is 378. The Morgan fingerprint density at radius 1 is 1.31 bits per heavy atom. The summed E-state index contributed by atoms with van der Waals surface area (Å²) in [6, 6.07) is 3.38. The molecule has 1 rings (SSSR count). The van der Waals surface area contributed by atoms with Crippen LogP contribution in [0.5, 0.6) is 5.75 Å². The summed E-state index contributed by atoms with van der Waals surface area (Å²) < 4.78 is 10.7. The van der Waals surface area contributed by atoms with Crippen LogP contribution in [0.1, 0.15) is 12.5 Å². The van der Waals surface area contributed by atoms with E-state index in [1.807, 2.05) is 6.92 Å². The lowest BCUT2D eigenvalue weighted by atomic mass is 9.95. The number of nitrogens with two attached hydrogens (primary N) is 1. The average Bonchev–Trinajstić information content (AvgIpc) is 2.27. The van der Waals surface area contributed by atoms with E-state index in [0.717, 1.165) is 5.56 Å². The summed E-state index contributed by atoms with van der Waals surface area (Å²) in [5.41, 5.74) is 5.79. The van der Waals surface area contributed by atoms with Gasteiger partial charge in [0.25, 0.3) is 0 Å². The van der Waals surface area contributed by atoms with E-state index in [4.69, 9.17) is 38.4 Å². The fourth-order valence-electron chi connectivity index (χ4n) is 1.46. The second-order valence-corrected chi connectivity index (χ2v) is 4.45. The van der Waals surface area contributed by atoms with Gasteiger partial charge in [0.05, 0.1) is 12.1 Å². The van der Waals surface area contributed by atoms with Crippen LogP contribution in [0.25, 0.3) is 0 Å². The van der Waals surface area contributed by atoms with E-state index < -0.39 is 5.60 Å². The predicted molar refractivity (Wildman–Crippen MR) is 66.4 cm³/mol. The summed E-state index contributed by atoms with van der Waals surface area (Å²) in [4.78, 5) is 0. The van der Waals surface area contributed by atoms with Gasteiger partial charge in [-0.2, -0.15) is 0 Å². The molecular formula is C11H15Cl2NO2. The highest BCUT2D eigenvalue weighted by atomic mass is 35.5. The fraction of sp³-hybridized carbons (Fsp3) is 0.455. The van der Waals surface area contributed by atoms with Crippen molar-refractivity contribution in [3.63, 3.8) is 0 Å². The Labute approximate surface area is 105 Å². The minimum atomic E-state index is -0.667. The van der Waals surface area contributed by atoms with Crippen LogP contribution >= 0.6 is 23.2 Å². The van der Waals surface area contributed by atoms with Crippen molar-refractivity contribution >= 4 is 23.2 Å². The molecule has 16 heavy (non-hydrogen) atoms. The van der Waals surface area contributed by atoms with Gasteiger partial charge in [-0.15, -0.1) is 0 Å². The Morgan fingerprint density at radius 3 is 2.38 bits per heavy atom. The summed E-state index contributed by atoms with van der Waals surface area (Å²) in [5.74, 6) is 0.542. The van der Waals surface area contributed by atoms with Gasteiger partial charge in [0.15, 0.2) is 0 Å². The van der Waals surface area contributed by atoms with Gasteiger partial charge in [0.2, 0.25) is 0 Å². The van der Waals surface area contributed by atoms with E-state index >= 15 is 0 Å². The number of benzene rings is 1. The number of hydrogen-bond acceptors (Lipinski definition) is 3. The molecule has 5 heteroatoms. The standard InChI is InChI=1S/C11H15Cl2NO2/c1-11(6-14,16-3)8-4-7(12)5-9(13)10(8)15-2/h4-5H,6,14H2,1-3H3. The van der Waals surface area contributed by atoms with Gasteiger partial charge in [-0.1, -0.05) is 23.2 Å². The molecule has 90 valence electrons. The molecule has 1 unspecified atom stereocenters. The van der Waals surface area contributed by atoms with E-state index in [1.54, 1.807) is 26.4 Å². The minimum absolute atomic E-state index is 0.302. The number of ether oxygens (including phenoxy) is 2. The van der Waals surface area contributed by atoms with Gasteiger partial charge in [-0.25, -0.2) is 0 Å². The molecule has 0 spiro atoms. The maximum Gasteiger partial charge on any atom is 0.143 e. The number of hydrogen-bond donors (Lipinski definition) is 1. The monoisotopic (exact) mass is 263 g/mol. The lowest BCUT2D eigenvalue weighted by Gasteiger charge is -2.29. The van der Waals surface area contributed by atoms with Crippen LogP contribution in [0.15, 0.2) is 12.1 Å². The summed E-state index contributed by atoms with van der Waals surface area (Å²) in [5, 5.41) is 0.972. The zero-order valence-electron chi connectivity index (χ0n) is 9.51. The molecule has 0 heterocycles. The summed E-state index contributed by atoms with van der Waals surface area (Å²) in [6.07, 6.45) is 0. The Hall–Kier alpha value is -0.480. The molecule has 0 aliphatic carbocycles. The molecule has 0 saturated heterocycles. The molecule has 0 radical (unpaired) electrons. The maximum absolute atomic E-state index is 6.05. The van der Waals surface area contributed by atoms with Crippen molar-refractivity contribution < 1.29 is 9.47 Å². The maximum atomic E-state index is 6.05. The minimum Gasteiger partial charge on any atom is -0.495 e. The molecular weight excluding hydrogens is 249 g/mol. The largest absolute Gasteiger partial charge is 0.495 e. The third kappa shape index (κ3) is 2.43. The summed E-state index contributed by atoms with van der Waals surface area (Å²) >= 11 is 12.0. The number of halogens is 2. The molecule has 2 N–H and O–H groups in total. The number of methoxy groups -OCH3 is 2. The van der Waals surface area contributed by atoms with Crippen LogP contribution in [0, 0.1) is 0 Å². The molecule has 1 atom stereocenters. The quantitative estimate of drug-likeness (QED) is 0.909. The molecule has 1 aromatic rings. The van der Waals surface area contributed by atoms with Crippen molar-refractivity contribution in [3.8, 4) is 5.75 Å². The van der Waals surface area contributed by atoms with E-state index in [9.17, 15) is 0 Å². The molecule has 1 aromatic carbocycles. The van der Waals surface area contributed by atoms with E-state index in [1.165, 1.54) is 0 Å². The van der Waals surface area contributed by atoms with Crippen molar-refractivity contribution in [1.82, 2.24) is 0 Å². The Morgan fingerprint density at radius 2 is 1.94 bits per heavy atom. The normalized spacial score (nSPS) is 14.6. The van der Waals surface area contributed by atoms with Gasteiger partial charge in [0, 0.05) is 24.2 Å². The first-order valence-electron chi connectivity index (χ1n) is 4.77. The molecule has 0 amide bonds. The van der Waals surface area contributed by atoms with E-state index in [0.29, 0.717) is 22.3 Å². The zero-order valence-corrected chi connectivity index (χ0v) is 11.0. The van der Waals surface area contributed by atoms with Crippen molar-refractivity contribution in [2.75, 3.05) is 20.8 Å². The van der Waals surface area contributed by atoms with Gasteiger partial charge < -0.3 is 15.2 Å². The van der Waals surface area contributed by atoms with Gasteiger partial charge in [-0.05, 0) is 19.1 Å². The van der Waals surface area contributed by atoms with Crippen LogP contribution in [0.3, 0.4) is 0 Å². The van der Waals surface area contributed by atoms with Crippen molar-refractivity contribution in [1.29, 1.82) is 0 Å². The van der Waals surface area contributed by atoms with E-state index in [2.05, 4.69) is 0 Å². The van der Waals surface area contributed by atoms with Crippen LogP contribution < -0.4 is 10.5 Å². The SMILES string of the molecule is COc1c(Cl)cc(Cl)cc1C(C)(CN)OC. The second-order valence-electron chi connectivity index (χ2n) is 3.61. The van der Waals surface area contributed by atoms with Crippen LogP contribution in [0.4, 0.5) is 0 Å². The highest BCUT2D eigenvalue weighted by Gasteiger charge is 2.29. The topological polar surface area (TPSA) is 44.5 Å². The molecule has 0 aliphatic rings. The Kier molecular flexibility index (Phi) is 4.44. The van der Waals surface area contributed by atoms with Crippen molar-refractivity contribution in [2.45, 2.75) is 12.5 Å². The summed E-state index contributed by atoms with van der Waals surface area (Å²) in [7, 11) is 3.13. The zero-order chi connectivity index (χ0) is 12.3. The molecule has 0 saturated carbocycles. The second kappa shape index (κ2) is 5.23. The highest BCUT2D eigenvalue weighted by Crippen LogP contribution is 2.39. The Balaban J connectivity index is 3.41. The molecule has 0 aromatic heterocycles. The van der Waals surface area contributed by atoms with Crippen LogP contribution in [-0.4, -0.2) is 20.8 Å². The smallest absolute Gasteiger partial charge is 0.143 e. The third-order valence-corrected chi connectivity index (χ3v) is 3.12. The van der Waals surface area contributed by atoms with Crippen LogP contribution in [0.2, 0.25) is 10.0 Å². The average molecular weight is 264 g/mol. The molecule has 0 aliphatic heterocycles. The third-order valence-electron chi connectivity index (χ3n) is 2.62. The van der Waals surface area contributed by atoms with E-state index in [-0.39, 0.29) is 0 Å². The van der Waals surface area contributed by atoms with Gasteiger partial charge in [-0.3, -0.25) is 0 Å². The fourth-order valence-corrected chi connectivity index (χ4v) is 2.03. The molecule has 0 fully saturated rings. The van der Waals surface area contributed by atoms with Gasteiger partial charge >= 0.3 is 0 Å².